The van der Waals surface area contributed by atoms with Crippen LogP contribution in [0, 0.1) is 17.3 Å². The maximum absolute atomic E-state index is 14.0. The summed E-state index contributed by atoms with van der Waals surface area (Å²) in [6.45, 7) is 13.0. The average molecular weight is 701 g/mol. The molecule has 5 atom stereocenters. The second-order valence-corrected chi connectivity index (χ2v) is 14.4. The number of nitrogens with zero attached hydrogens (tertiary/aromatic N) is 2. The summed E-state index contributed by atoms with van der Waals surface area (Å²) in [6.07, 6.45) is 0.746. The highest BCUT2D eigenvalue weighted by molar-refractivity contribution is 6.38. The second kappa shape index (κ2) is 19.0. The van der Waals surface area contributed by atoms with Crippen molar-refractivity contribution in [3.8, 4) is 0 Å². The first-order valence-corrected chi connectivity index (χ1v) is 17.3. The fourth-order valence-corrected chi connectivity index (χ4v) is 5.64. The molecular formula is C36H56N6O8. The molecule has 1 aliphatic rings. The van der Waals surface area contributed by atoms with E-state index in [1.165, 1.54) is 9.80 Å². The number of rotatable bonds is 17. The largest absolute Gasteiger partial charge is 0.449 e. The molecule has 1 heterocycles. The lowest BCUT2D eigenvalue weighted by atomic mass is 9.90. The lowest BCUT2D eigenvalue weighted by molar-refractivity contribution is -0.143. The first-order valence-electron chi connectivity index (χ1n) is 17.3. The van der Waals surface area contributed by atoms with Gasteiger partial charge in [-0.15, -0.1) is 0 Å². The SMILES string of the molecule is CCCC(NC(=O)C1CC(C)(C)CN1C(=O)C(NC(=O)OCC(C)C)C(C)CC)C(=O)C(=O)NCC(=O)NC(C(=O)N(C)C)c1ccccc1. The molecule has 0 aromatic heterocycles. The summed E-state index contributed by atoms with van der Waals surface area (Å²) in [7, 11) is 3.11. The topological polar surface area (TPSA) is 183 Å². The third kappa shape index (κ3) is 12.1. The highest BCUT2D eigenvalue weighted by Gasteiger charge is 2.47. The van der Waals surface area contributed by atoms with Crippen molar-refractivity contribution in [1.82, 2.24) is 31.1 Å². The van der Waals surface area contributed by atoms with Gasteiger partial charge in [0, 0.05) is 20.6 Å². The minimum absolute atomic E-state index is 0.106. The second-order valence-electron chi connectivity index (χ2n) is 14.4. The summed E-state index contributed by atoms with van der Waals surface area (Å²) in [6, 6.07) is 4.51. The fourth-order valence-electron chi connectivity index (χ4n) is 5.64. The van der Waals surface area contributed by atoms with Crippen LogP contribution >= 0.6 is 0 Å². The molecule has 5 unspecified atom stereocenters. The molecule has 1 aromatic carbocycles. The third-order valence-corrected chi connectivity index (χ3v) is 8.58. The molecule has 1 aromatic rings. The number of likely N-dealkylation sites (N-methyl/N-ethyl adjacent to an activating group) is 1. The monoisotopic (exact) mass is 700 g/mol. The summed E-state index contributed by atoms with van der Waals surface area (Å²) in [5.74, 6) is -4.28. The van der Waals surface area contributed by atoms with Crippen LogP contribution in [0.5, 0.6) is 0 Å². The zero-order valence-corrected chi connectivity index (χ0v) is 31.0. The van der Waals surface area contributed by atoms with Crippen LogP contribution in [0.25, 0.3) is 0 Å². The van der Waals surface area contributed by atoms with E-state index in [-0.39, 0.29) is 37.3 Å². The van der Waals surface area contributed by atoms with E-state index in [4.69, 9.17) is 4.74 Å². The van der Waals surface area contributed by atoms with E-state index in [0.717, 1.165) is 0 Å². The molecule has 0 spiro atoms. The van der Waals surface area contributed by atoms with Gasteiger partial charge in [-0.3, -0.25) is 28.8 Å². The minimum Gasteiger partial charge on any atom is -0.449 e. The Morgan fingerprint density at radius 2 is 1.60 bits per heavy atom. The molecule has 14 heteroatoms. The van der Waals surface area contributed by atoms with E-state index in [1.54, 1.807) is 51.4 Å². The van der Waals surface area contributed by atoms with Gasteiger partial charge >= 0.3 is 6.09 Å². The highest BCUT2D eigenvalue weighted by atomic mass is 16.5. The summed E-state index contributed by atoms with van der Waals surface area (Å²) in [5.41, 5.74) is 0.101. The van der Waals surface area contributed by atoms with Crippen molar-refractivity contribution in [2.45, 2.75) is 98.3 Å². The van der Waals surface area contributed by atoms with Crippen molar-refractivity contribution in [3.05, 3.63) is 35.9 Å². The van der Waals surface area contributed by atoms with Gasteiger partial charge in [-0.2, -0.15) is 0 Å². The van der Waals surface area contributed by atoms with Crippen LogP contribution in [-0.4, -0.2) is 103 Å². The lowest BCUT2D eigenvalue weighted by Crippen LogP contribution is -2.57. The number of hydrogen-bond donors (Lipinski definition) is 4. The van der Waals surface area contributed by atoms with Crippen LogP contribution in [0.1, 0.15) is 85.8 Å². The zero-order valence-electron chi connectivity index (χ0n) is 31.0. The molecule has 1 aliphatic heterocycles. The van der Waals surface area contributed by atoms with Gasteiger partial charge < -0.3 is 35.8 Å². The predicted octanol–water partition coefficient (Wildman–Crippen LogP) is 2.33. The molecule has 1 saturated heterocycles. The van der Waals surface area contributed by atoms with Crippen LogP contribution < -0.4 is 21.3 Å². The molecule has 6 amide bonds. The number of carbonyl (C=O) groups is 7. The molecule has 2 rings (SSSR count). The summed E-state index contributed by atoms with van der Waals surface area (Å²) >= 11 is 0. The molecule has 1 fully saturated rings. The Morgan fingerprint density at radius 1 is 0.960 bits per heavy atom. The number of nitrogens with one attached hydrogen (secondary N) is 4. The summed E-state index contributed by atoms with van der Waals surface area (Å²) in [4.78, 5) is 94.9. The van der Waals surface area contributed by atoms with Crippen molar-refractivity contribution in [3.63, 3.8) is 0 Å². The molecule has 0 radical (unpaired) electrons. The molecule has 50 heavy (non-hydrogen) atoms. The van der Waals surface area contributed by atoms with Gasteiger partial charge in [0.05, 0.1) is 19.2 Å². The summed E-state index contributed by atoms with van der Waals surface area (Å²) in [5, 5.41) is 10.3. The van der Waals surface area contributed by atoms with Gasteiger partial charge in [-0.05, 0) is 35.7 Å². The smallest absolute Gasteiger partial charge is 0.407 e. The zero-order chi connectivity index (χ0) is 37.8. The van der Waals surface area contributed by atoms with Crippen molar-refractivity contribution in [2.75, 3.05) is 33.8 Å². The molecule has 14 nitrogen and oxygen atoms in total. The van der Waals surface area contributed by atoms with Crippen molar-refractivity contribution in [1.29, 1.82) is 0 Å². The highest BCUT2D eigenvalue weighted by Crippen LogP contribution is 2.35. The lowest BCUT2D eigenvalue weighted by Gasteiger charge is -2.32. The number of benzene rings is 1. The Kier molecular flexibility index (Phi) is 15.9. The van der Waals surface area contributed by atoms with Gasteiger partial charge in [0.25, 0.3) is 5.91 Å². The normalized spacial score (nSPS) is 17.5. The van der Waals surface area contributed by atoms with E-state index >= 15 is 0 Å². The van der Waals surface area contributed by atoms with Gasteiger partial charge in [-0.25, -0.2) is 4.79 Å². The third-order valence-electron chi connectivity index (χ3n) is 8.58. The van der Waals surface area contributed by atoms with Gasteiger partial charge in [0.2, 0.25) is 29.4 Å². The number of ketones is 1. The number of carbonyl (C=O) groups excluding carboxylic acids is 7. The van der Waals surface area contributed by atoms with Crippen molar-refractivity contribution in [2.24, 2.45) is 17.3 Å². The Balaban J connectivity index is 2.15. The molecular weight excluding hydrogens is 644 g/mol. The van der Waals surface area contributed by atoms with Gasteiger partial charge in [0.15, 0.2) is 0 Å². The standard InChI is InChI=1S/C36H56N6O8/c1-10-15-25(30(44)32(46)37-19-27(43)39-29(33(47)41(8)9)24-16-13-12-14-17-24)38-31(45)26-18-36(6,7)21-42(26)34(48)28(23(5)11-2)40-35(49)50-20-22(3)4/h12-14,16-17,22-23,25-26,28-29H,10-11,15,18-21H2,1-9H3,(H,37,46)(H,38,45)(H,39,43)(H,40,49). The Hall–Kier alpha value is -4.49. The first-order chi connectivity index (χ1) is 23.4. The van der Waals surface area contributed by atoms with E-state index < -0.39 is 71.6 Å². The van der Waals surface area contributed by atoms with Crippen molar-refractivity contribution >= 4 is 41.4 Å². The predicted molar refractivity (Wildman–Crippen MR) is 187 cm³/mol. The van der Waals surface area contributed by atoms with Crippen molar-refractivity contribution < 1.29 is 38.3 Å². The van der Waals surface area contributed by atoms with Crippen LogP contribution in [-0.2, 0) is 33.5 Å². The molecule has 0 saturated carbocycles. The van der Waals surface area contributed by atoms with E-state index in [9.17, 15) is 33.6 Å². The maximum atomic E-state index is 14.0. The van der Waals surface area contributed by atoms with E-state index in [1.807, 2.05) is 41.5 Å². The van der Waals surface area contributed by atoms with E-state index in [0.29, 0.717) is 24.8 Å². The Morgan fingerprint density at radius 3 is 2.16 bits per heavy atom. The fraction of sp³-hybridized carbons (Fsp3) is 0.639. The Labute approximate surface area is 295 Å². The quantitative estimate of drug-likeness (QED) is 0.179. The van der Waals surface area contributed by atoms with Crippen LogP contribution in [0.4, 0.5) is 4.79 Å². The number of Topliss-reactive ketones (excluding diaryl/α,β-unsaturated/α-hetero) is 1. The summed E-state index contributed by atoms with van der Waals surface area (Å²) < 4.78 is 5.26. The molecule has 4 N–H and O–H groups in total. The van der Waals surface area contributed by atoms with Crippen LogP contribution in [0.15, 0.2) is 30.3 Å². The number of amides is 6. The first kappa shape index (κ1) is 41.7. The molecule has 0 bridgehead atoms. The molecule has 278 valence electrons. The molecule has 0 aliphatic carbocycles. The van der Waals surface area contributed by atoms with E-state index in [2.05, 4.69) is 21.3 Å². The minimum atomic E-state index is -1.21. The number of ether oxygens (including phenoxy) is 1. The number of likely N-dealkylation sites (tertiary alicyclic amines) is 1. The van der Waals surface area contributed by atoms with Gasteiger partial charge in [-0.1, -0.05) is 91.6 Å². The maximum Gasteiger partial charge on any atom is 0.407 e. The van der Waals surface area contributed by atoms with Crippen LogP contribution in [0.2, 0.25) is 0 Å². The van der Waals surface area contributed by atoms with Gasteiger partial charge in [0.1, 0.15) is 18.1 Å². The average Bonchev–Trinajstić information content (AvgIpc) is 3.41. The number of alkyl carbamates (subject to hydrolysis) is 1. The Bertz CT molecular complexity index is 1370. The van der Waals surface area contributed by atoms with Crippen LogP contribution in [0.3, 0.4) is 0 Å². The number of hydrogen-bond acceptors (Lipinski definition) is 8.